The summed E-state index contributed by atoms with van der Waals surface area (Å²) in [6, 6.07) is 3.79. The lowest BCUT2D eigenvalue weighted by molar-refractivity contribution is -0.244. The molecule has 4 aliphatic rings. The largest absolute Gasteiger partial charge is 0.471 e. The number of amides is 4. The molecule has 0 spiro atoms. The first-order valence-corrected chi connectivity index (χ1v) is 21.1. The molecule has 318 valence electrons. The van der Waals surface area contributed by atoms with Gasteiger partial charge in [0.1, 0.15) is 23.7 Å². The van der Waals surface area contributed by atoms with Gasteiger partial charge in [0.25, 0.3) is 11.5 Å². The molecule has 3 N–H and O–H groups in total. The summed E-state index contributed by atoms with van der Waals surface area (Å²) in [5.41, 5.74) is -4.92. The molecule has 4 amide bonds. The average molecular weight is 837 g/mol. The van der Waals surface area contributed by atoms with Crippen LogP contribution in [0.15, 0.2) is 41.2 Å². The fourth-order valence-electron chi connectivity index (χ4n) is 7.71. The zero-order valence-electron chi connectivity index (χ0n) is 33.4. The number of fused-ring (bicyclic) bond motifs is 3. The van der Waals surface area contributed by atoms with Gasteiger partial charge in [-0.2, -0.15) is 13.2 Å². The van der Waals surface area contributed by atoms with Crippen molar-refractivity contribution in [2.45, 2.75) is 133 Å². The third kappa shape index (κ3) is 8.41. The van der Waals surface area contributed by atoms with E-state index in [1.165, 1.54) is 11.6 Å². The number of aromatic nitrogens is 2. The number of benzene rings is 1. The molecule has 3 fully saturated rings. The highest BCUT2D eigenvalue weighted by molar-refractivity contribution is 7.91. The molecule has 1 saturated heterocycles. The van der Waals surface area contributed by atoms with Crippen LogP contribution in [0.5, 0.6) is 5.88 Å². The van der Waals surface area contributed by atoms with E-state index in [9.17, 15) is 45.6 Å². The molecule has 3 heterocycles. The number of ether oxygens (including phenoxy) is 2. The van der Waals surface area contributed by atoms with E-state index in [0.29, 0.717) is 56.7 Å². The monoisotopic (exact) mass is 836 g/mol. The summed E-state index contributed by atoms with van der Waals surface area (Å²) in [5.74, 6) is -3.78. The second-order valence-electron chi connectivity index (χ2n) is 17.0. The number of rotatable bonds is 8. The van der Waals surface area contributed by atoms with Crippen LogP contribution in [-0.2, 0) is 35.7 Å². The van der Waals surface area contributed by atoms with Crippen LogP contribution in [-0.4, -0.2) is 93.7 Å². The lowest BCUT2D eigenvalue weighted by Gasteiger charge is -2.34. The summed E-state index contributed by atoms with van der Waals surface area (Å²) >= 11 is 0. The molecule has 2 aliphatic heterocycles. The first-order valence-electron chi connectivity index (χ1n) is 19.6. The van der Waals surface area contributed by atoms with Gasteiger partial charge in [-0.3, -0.25) is 23.9 Å². The minimum atomic E-state index is -4.93. The molecule has 7 unspecified atom stereocenters. The van der Waals surface area contributed by atoms with E-state index in [1.54, 1.807) is 44.2 Å². The van der Waals surface area contributed by atoms with Crippen molar-refractivity contribution >= 4 is 44.6 Å². The number of halogens is 3. The lowest BCUT2D eigenvalue weighted by Crippen LogP contribution is -2.59. The van der Waals surface area contributed by atoms with Crippen molar-refractivity contribution in [3.05, 3.63) is 46.8 Å². The van der Waals surface area contributed by atoms with Gasteiger partial charge in [0.15, 0.2) is 0 Å². The normalized spacial score (nSPS) is 28.9. The van der Waals surface area contributed by atoms with Crippen LogP contribution in [0.3, 0.4) is 0 Å². The number of alkyl halides is 3. The fourth-order valence-corrected chi connectivity index (χ4v) is 9.02. The summed E-state index contributed by atoms with van der Waals surface area (Å²) in [6.45, 7) is 8.14. The maximum absolute atomic E-state index is 14.8. The zero-order chi connectivity index (χ0) is 42.6. The summed E-state index contributed by atoms with van der Waals surface area (Å²) in [4.78, 5) is 70.5. The van der Waals surface area contributed by atoms with Crippen molar-refractivity contribution in [3.8, 4) is 5.88 Å². The summed E-state index contributed by atoms with van der Waals surface area (Å²) in [7, 11) is -4.09. The molecule has 7 atom stereocenters. The minimum Gasteiger partial charge on any atom is -0.471 e. The minimum absolute atomic E-state index is 0.0505. The number of nitrogens with one attached hydrogen (secondary N) is 3. The van der Waals surface area contributed by atoms with Gasteiger partial charge in [-0.25, -0.2) is 17.9 Å². The number of carbonyl (C=O) groups is 4. The molecule has 1 aromatic carbocycles. The Morgan fingerprint density at radius 3 is 2.38 bits per heavy atom. The van der Waals surface area contributed by atoms with E-state index in [4.69, 9.17) is 9.47 Å². The number of aryl methyl sites for hydroxylation is 1. The summed E-state index contributed by atoms with van der Waals surface area (Å²) in [6.07, 6.45) is -1.63. The summed E-state index contributed by atoms with van der Waals surface area (Å²) in [5, 5.41) is 10.2. The van der Waals surface area contributed by atoms with E-state index in [1.807, 2.05) is 13.0 Å². The Morgan fingerprint density at radius 1 is 1.07 bits per heavy atom. The van der Waals surface area contributed by atoms with Crippen LogP contribution >= 0.6 is 0 Å². The van der Waals surface area contributed by atoms with Crippen molar-refractivity contribution in [1.29, 1.82) is 0 Å². The lowest BCUT2D eigenvalue weighted by atomic mass is 9.88. The van der Waals surface area contributed by atoms with E-state index in [0.717, 1.165) is 4.90 Å². The Morgan fingerprint density at radius 2 is 1.74 bits per heavy atom. The highest BCUT2D eigenvalue weighted by Crippen LogP contribution is 2.47. The number of nitrogens with zero attached hydrogens (tertiary/aromatic N) is 3. The molecule has 15 nitrogen and oxygen atoms in total. The number of hydrogen-bond donors (Lipinski definition) is 3. The van der Waals surface area contributed by atoms with Gasteiger partial charge in [0.05, 0.1) is 22.1 Å². The fraction of sp³-hybridized carbons (Fsp3) is 0.641. The van der Waals surface area contributed by atoms with Crippen LogP contribution in [0.25, 0.3) is 10.8 Å². The SMILES string of the molecule is CCn1nc(OC2CC3C(=O)NC4(C(=O)NS(=O)(=O)C5(C)CC5)CC4C=CCCC(C)CC(C)C(NC(=O)OC(C)(C)C(F)(F)F)C(=O)N3C2)c2ccccc2c1=O. The number of sulfonamides is 1. The van der Waals surface area contributed by atoms with Crippen molar-refractivity contribution < 1.29 is 50.2 Å². The molecular weight excluding hydrogens is 786 g/mol. The maximum atomic E-state index is 14.8. The van der Waals surface area contributed by atoms with Crippen LogP contribution in [0.4, 0.5) is 18.0 Å². The number of hydrogen-bond acceptors (Lipinski definition) is 10. The van der Waals surface area contributed by atoms with Gasteiger partial charge in [0.2, 0.25) is 33.3 Å². The van der Waals surface area contributed by atoms with Gasteiger partial charge >= 0.3 is 12.3 Å². The first-order chi connectivity index (χ1) is 27.0. The van der Waals surface area contributed by atoms with E-state index in [-0.39, 0.29) is 43.3 Å². The predicted molar refractivity (Wildman–Crippen MR) is 205 cm³/mol. The van der Waals surface area contributed by atoms with Gasteiger partial charge in [-0.05, 0) is 90.2 Å². The first kappa shape index (κ1) is 42.9. The van der Waals surface area contributed by atoms with Crippen molar-refractivity contribution in [3.63, 3.8) is 0 Å². The van der Waals surface area contributed by atoms with E-state index >= 15 is 0 Å². The maximum Gasteiger partial charge on any atom is 0.427 e. The second-order valence-corrected chi connectivity index (χ2v) is 19.1. The van der Waals surface area contributed by atoms with E-state index in [2.05, 4.69) is 20.5 Å². The molecule has 0 radical (unpaired) electrons. The highest BCUT2D eigenvalue weighted by Gasteiger charge is 2.63. The Bertz CT molecular complexity index is 2170. The van der Waals surface area contributed by atoms with Crippen molar-refractivity contribution in [2.24, 2.45) is 17.8 Å². The standard InChI is InChI=1S/C39H51F3N6O9S/c1-7-48-32(50)27-15-11-10-14-26(27)31(45-48)56-25-19-28-30(49)44-38(34(52)46-58(54,55)37(6)16-17-37)20-24(38)13-9-8-12-22(2)18-23(3)29(33(51)47(28)21-25)43-35(53)57-36(4,5)39(40,41)42/h9-11,13-15,22-25,28-29H,7-8,12,16-21H2,1-6H3,(H,43,53)(H,44,49)(H,46,52). The van der Waals surface area contributed by atoms with Crippen LogP contribution in [0.2, 0.25) is 0 Å². The third-order valence-corrected chi connectivity index (χ3v) is 14.1. The van der Waals surface area contributed by atoms with Crippen molar-refractivity contribution in [2.75, 3.05) is 6.54 Å². The predicted octanol–water partition coefficient (Wildman–Crippen LogP) is 4.09. The molecule has 2 saturated carbocycles. The quantitative estimate of drug-likeness (QED) is 0.326. The Hall–Kier alpha value is -4.68. The van der Waals surface area contributed by atoms with Crippen LogP contribution in [0.1, 0.15) is 86.5 Å². The zero-order valence-corrected chi connectivity index (χ0v) is 34.2. The molecular formula is C39H51F3N6O9S. The van der Waals surface area contributed by atoms with Crippen molar-refractivity contribution in [1.82, 2.24) is 30.0 Å². The number of alkyl carbamates (subject to hydrolysis) is 1. The number of allylic oxidation sites excluding steroid dienone is 1. The molecule has 6 rings (SSSR count). The Balaban J connectivity index is 1.37. The van der Waals surface area contributed by atoms with Gasteiger partial charge in [-0.1, -0.05) is 38.1 Å². The molecule has 2 aliphatic carbocycles. The van der Waals surface area contributed by atoms with Crippen LogP contribution in [0, 0.1) is 17.8 Å². The summed E-state index contributed by atoms with van der Waals surface area (Å²) < 4.78 is 81.0. The van der Waals surface area contributed by atoms with Gasteiger partial charge < -0.3 is 25.0 Å². The molecule has 1 aromatic heterocycles. The molecule has 19 heteroatoms. The molecule has 0 bridgehead atoms. The van der Waals surface area contributed by atoms with Gasteiger partial charge in [0, 0.05) is 18.9 Å². The molecule has 58 heavy (non-hydrogen) atoms. The van der Waals surface area contributed by atoms with Gasteiger partial charge in [-0.15, -0.1) is 5.10 Å². The Labute approximate surface area is 334 Å². The average Bonchev–Trinajstić information content (AvgIpc) is 4.02. The topological polar surface area (TPSA) is 195 Å². The van der Waals surface area contributed by atoms with Crippen LogP contribution < -0.4 is 25.7 Å². The number of carbonyl (C=O) groups excluding carboxylic acids is 4. The van der Waals surface area contributed by atoms with E-state index < -0.39 is 85.9 Å². The smallest absolute Gasteiger partial charge is 0.427 e. The second kappa shape index (κ2) is 15.5. The molecule has 2 aromatic rings. The Kier molecular flexibility index (Phi) is 11.5. The third-order valence-electron chi connectivity index (χ3n) is 12.0. The highest BCUT2D eigenvalue weighted by atomic mass is 32.2.